The van der Waals surface area contributed by atoms with Crippen molar-refractivity contribution in [2.45, 2.75) is 38.9 Å². The number of carbonyl (C=O) groups excluding carboxylic acids is 2. The van der Waals surface area contributed by atoms with E-state index in [4.69, 9.17) is 0 Å². The van der Waals surface area contributed by atoms with Gasteiger partial charge in [-0.15, -0.1) is 11.8 Å². The van der Waals surface area contributed by atoms with Gasteiger partial charge in [-0.05, 0) is 31.7 Å². The minimum atomic E-state index is 0.0700. The van der Waals surface area contributed by atoms with Crippen LogP contribution in [-0.4, -0.2) is 42.1 Å². The summed E-state index contributed by atoms with van der Waals surface area (Å²) in [7, 11) is 0. The predicted octanol–water partition coefficient (Wildman–Crippen LogP) is 2.99. The molecule has 1 aliphatic heterocycles. The van der Waals surface area contributed by atoms with Crippen LogP contribution < -0.4 is 5.32 Å². The van der Waals surface area contributed by atoms with E-state index in [9.17, 15) is 9.59 Å². The summed E-state index contributed by atoms with van der Waals surface area (Å²) in [4.78, 5) is 26.2. The highest BCUT2D eigenvalue weighted by Crippen LogP contribution is 2.19. The van der Waals surface area contributed by atoms with Gasteiger partial charge in [0.25, 0.3) is 0 Å². The van der Waals surface area contributed by atoms with E-state index in [1.807, 2.05) is 4.90 Å². The lowest BCUT2D eigenvalue weighted by atomic mass is 9.96. The molecule has 0 aromatic heterocycles. The fourth-order valence-corrected chi connectivity index (χ4v) is 3.81. The third-order valence-corrected chi connectivity index (χ3v) is 5.33. The molecular weight excluding hydrogens is 320 g/mol. The van der Waals surface area contributed by atoms with Crippen molar-refractivity contribution >= 4 is 23.6 Å². The van der Waals surface area contributed by atoms with Crippen LogP contribution in [0.1, 0.15) is 37.3 Å². The van der Waals surface area contributed by atoms with E-state index in [2.05, 4.69) is 43.4 Å². The van der Waals surface area contributed by atoms with E-state index in [1.165, 1.54) is 11.1 Å². The molecule has 1 N–H and O–H groups in total. The first kappa shape index (κ1) is 18.8. The molecule has 1 aromatic rings. The Morgan fingerprint density at radius 3 is 2.71 bits per heavy atom. The number of hydrogen-bond acceptors (Lipinski definition) is 3. The zero-order valence-corrected chi connectivity index (χ0v) is 15.5. The van der Waals surface area contributed by atoms with Crippen molar-refractivity contribution in [3.8, 4) is 0 Å². The Kier molecular flexibility index (Phi) is 7.63. The summed E-state index contributed by atoms with van der Waals surface area (Å²) in [5.41, 5.74) is 2.52. The van der Waals surface area contributed by atoms with Crippen molar-refractivity contribution in [3.05, 3.63) is 35.4 Å². The Bertz CT molecular complexity index is 554. The maximum absolute atomic E-state index is 12.3. The second-order valence-corrected chi connectivity index (χ2v) is 7.41. The van der Waals surface area contributed by atoms with E-state index in [-0.39, 0.29) is 17.7 Å². The standard InChI is InChI=1S/C19H28N2O2S/c1-3-9-20-19(23)17-7-10-21(11-8-17)18(22)14-24-13-16-6-4-5-15(2)12-16/h4-6,12,17H,3,7-11,13-14H2,1-2H3,(H,20,23). The normalized spacial score (nSPS) is 15.3. The van der Waals surface area contributed by atoms with Crippen LogP contribution in [0.15, 0.2) is 24.3 Å². The molecule has 1 aliphatic rings. The fraction of sp³-hybridized carbons (Fsp3) is 0.579. The molecule has 0 saturated carbocycles. The molecule has 0 bridgehead atoms. The molecule has 1 aromatic carbocycles. The molecule has 5 heteroatoms. The highest BCUT2D eigenvalue weighted by atomic mass is 32.2. The quantitative estimate of drug-likeness (QED) is 0.824. The van der Waals surface area contributed by atoms with Gasteiger partial charge in [-0.2, -0.15) is 0 Å². The number of carbonyl (C=O) groups is 2. The Labute approximate surface area is 149 Å². The molecule has 0 atom stereocenters. The van der Waals surface area contributed by atoms with Crippen molar-refractivity contribution in [3.63, 3.8) is 0 Å². The van der Waals surface area contributed by atoms with Gasteiger partial charge in [-0.3, -0.25) is 9.59 Å². The number of likely N-dealkylation sites (tertiary alicyclic amines) is 1. The monoisotopic (exact) mass is 348 g/mol. The first-order chi connectivity index (χ1) is 11.6. The van der Waals surface area contributed by atoms with Crippen LogP contribution >= 0.6 is 11.8 Å². The predicted molar refractivity (Wildman–Crippen MR) is 99.9 cm³/mol. The number of thioether (sulfide) groups is 1. The second kappa shape index (κ2) is 9.72. The smallest absolute Gasteiger partial charge is 0.232 e. The summed E-state index contributed by atoms with van der Waals surface area (Å²) in [6, 6.07) is 8.41. The maximum Gasteiger partial charge on any atom is 0.232 e. The molecule has 2 amide bonds. The van der Waals surface area contributed by atoms with Crippen LogP contribution in [0.3, 0.4) is 0 Å². The highest BCUT2D eigenvalue weighted by molar-refractivity contribution is 7.99. The zero-order valence-electron chi connectivity index (χ0n) is 14.7. The SMILES string of the molecule is CCCNC(=O)C1CCN(C(=O)CSCc2cccc(C)c2)CC1. The number of rotatable bonds is 7. The minimum absolute atomic E-state index is 0.0700. The van der Waals surface area contributed by atoms with Gasteiger partial charge in [0.1, 0.15) is 0 Å². The van der Waals surface area contributed by atoms with Crippen LogP contribution in [0, 0.1) is 12.8 Å². The maximum atomic E-state index is 12.3. The first-order valence-corrected chi connectivity index (χ1v) is 9.94. The van der Waals surface area contributed by atoms with E-state index in [0.29, 0.717) is 18.8 Å². The Morgan fingerprint density at radius 1 is 1.29 bits per heavy atom. The molecule has 1 fully saturated rings. The molecule has 1 heterocycles. The lowest BCUT2D eigenvalue weighted by Gasteiger charge is -2.31. The summed E-state index contributed by atoms with van der Waals surface area (Å²) in [5, 5.41) is 2.96. The molecule has 0 spiro atoms. The molecule has 0 unspecified atom stereocenters. The summed E-state index contributed by atoms with van der Waals surface area (Å²) in [6.07, 6.45) is 2.52. The van der Waals surface area contributed by atoms with Crippen molar-refractivity contribution in [1.29, 1.82) is 0 Å². The second-order valence-electron chi connectivity index (χ2n) is 6.43. The average Bonchev–Trinajstić information content (AvgIpc) is 2.60. The number of hydrogen-bond donors (Lipinski definition) is 1. The largest absolute Gasteiger partial charge is 0.356 e. The van der Waals surface area contributed by atoms with Gasteiger partial charge in [-0.25, -0.2) is 0 Å². The van der Waals surface area contributed by atoms with Crippen LogP contribution in [0.5, 0.6) is 0 Å². The summed E-state index contributed by atoms with van der Waals surface area (Å²) in [5.74, 6) is 1.79. The Balaban J connectivity index is 1.68. The Hall–Kier alpha value is -1.49. The first-order valence-electron chi connectivity index (χ1n) is 8.79. The minimum Gasteiger partial charge on any atom is -0.356 e. The number of nitrogens with zero attached hydrogens (tertiary/aromatic N) is 1. The topological polar surface area (TPSA) is 49.4 Å². The van der Waals surface area contributed by atoms with Crippen LogP contribution in [0.4, 0.5) is 0 Å². The number of aryl methyl sites for hydroxylation is 1. The average molecular weight is 349 g/mol. The van der Waals surface area contributed by atoms with E-state index in [1.54, 1.807) is 11.8 Å². The van der Waals surface area contributed by atoms with E-state index < -0.39 is 0 Å². The van der Waals surface area contributed by atoms with Gasteiger partial charge >= 0.3 is 0 Å². The fourth-order valence-electron chi connectivity index (χ4n) is 2.93. The lowest BCUT2D eigenvalue weighted by Crippen LogP contribution is -2.43. The number of amides is 2. The lowest BCUT2D eigenvalue weighted by molar-refractivity contribution is -0.133. The van der Waals surface area contributed by atoms with E-state index in [0.717, 1.165) is 31.6 Å². The molecular formula is C19H28N2O2S. The summed E-state index contributed by atoms with van der Waals surface area (Å²) >= 11 is 1.66. The van der Waals surface area contributed by atoms with Gasteiger partial charge in [0.05, 0.1) is 5.75 Å². The van der Waals surface area contributed by atoms with Crippen LogP contribution in [0.2, 0.25) is 0 Å². The van der Waals surface area contributed by atoms with E-state index >= 15 is 0 Å². The van der Waals surface area contributed by atoms with Crippen molar-refractivity contribution in [2.75, 3.05) is 25.4 Å². The van der Waals surface area contributed by atoms with Crippen molar-refractivity contribution < 1.29 is 9.59 Å². The summed E-state index contributed by atoms with van der Waals surface area (Å²) in [6.45, 7) is 6.28. The van der Waals surface area contributed by atoms with Gasteiger partial charge in [0, 0.05) is 31.3 Å². The Morgan fingerprint density at radius 2 is 2.04 bits per heavy atom. The molecule has 132 valence electrons. The molecule has 0 aliphatic carbocycles. The highest BCUT2D eigenvalue weighted by Gasteiger charge is 2.26. The summed E-state index contributed by atoms with van der Waals surface area (Å²) < 4.78 is 0. The van der Waals surface area contributed by atoms with Gasteiger partial charge < -0.3 is 10.2 Å². The van der Waals surface area contributed by atoms with Crippen molar-refractivity contribution in [1.82, 2.24) is 10.2 Å². The molecule has 1 saturated heterocycles. The van der Waals surface area contributed by atoms with Crippen molar-refractivity contribution in [2.24, 2.45) is 5.92 Å². The van der Waals surface area contributed by atoms with Gasteiger partial charge in [0.15, 0.2) is 0 Å². The molecule has 0 radical (unpaired) electrons. The van der Waals surface area contributed by atoms with Crippen LogP contribution in [-0.2, 0) is 15.3 Å². The molecule has 2 rings (SSSR count). The van der Waals surface area contributed by atoms with Gasteiger partial charge in [0.2, 0.25) is 11.8 Å². The van der Waals surface area contributed by atoms with Gasteiger partial charge in [-0.1, -0.05) is 36.8 Å². The van der Waals surface area contributed by atoms with Crippen LogP contribution in [0.25, 0.3) is 0 Å². The zero-order chi connectivity index (χ0) is 17.4. The third kappa shape index (κ3) is 5.86. The number of benzene rings is 1. The molecule has 24 heavy (non-hydrogen) atoms. The number of nitrogens with one attached hydrogen (secondary N) is 1. The number of piperidine rings is 1. The molecule has 4 nitrogen and oxygen atoms in total. The third-order valence-electron chi connectivity index (χ3n) is 4.34.